The van der Waals surface area contributed by atoms with E-state index in [0.29, 0.717) is 37.2 Å². The number of methoxy groups -OCH3 is 1. The quantitative estimate of drug-likeness (QED) is 0.868. The summed E-state index contributed by atoms with van der Waals surface area (Å²) in [6.07, 6.45) is 0.422. The van der Waals surface area contributed by atoms with E-state index in [0.717, 1.165) is 0 Å². The second-order valence-electron chi connectivity index (χ2n) is 5.28. The van der Waals surface area contributed by atoms with Gasteiger partial charge in [-0.1, -0.05) is 23.2 Å². The molecule has 1 fully saturated rings. The summed E-state index contributed by atoms with van der Waals surface area (Å²) < 4.78 is 28.8. The van der Waals surface area contributed by atoms with Crippen molar-refractivity contribution in [2.75, 3.05) is 18.6 Å². The van der Waals surface area contributed by atoms with E-state index >= 15 is 0 Å². The maximum absolute atomic E-state index is 12.4. The normalized spacial score (nSPS) is 19.9. The Hall–Kier alpha value is -1.02. The maximum Gasteiger partial charge on any atom is 0.263 e. The number of ether oxygens (including phenoxy) is 1. The third kappa shape index (κ3) is 3.15. The molecule has 3 rings (SSSR count). The molecule has 0 saturated carbocycles. The van der Waals surface area contributed by atoms with Crippen LogP contribution in [0.2, 0.25) is 10.0 Å². The topological polar surface area (TPSA) is 72.5 Å². The first-order valence-electron chi connectivity index (χ1n) is 6.78. The van der Waals surface area contributed by atoms with E-state index in [1.165, 1.54) is 18.4 Å². The second-order valence-corrected chi connectivity index (χ2v) is 9.28. The molecule has 1 amide bonds. The monoisotopic (exact) mass is 393 g/mol. The summed E-state index contributed by atoms with van der Waals surface area (Å²) in [6, 6.07) is 3.06. The van der Waals surface area contributed by atoms with Gasteiger partial charge in [0.25, 0.3) is 5.91 Å². The third-order valence-corrected chi connectivity index (χ3v) is 7.68. The fraction of sp³-hybridized carbons (Fsp3) is 0.357. The highest BCUT2D eigenvalue weighted by Crippen LogP contribution is 2.43. The minimum atomic E-state index is -3.06. The summed E-state index contributed by atoms with van der Waals surface area (Å²) in [5.74, 6) is 0.191. The number of carbonyl (C=O) groups is 1. The van der Waals surface area contributed by atoms with Crippen molar-refractivity contribution >= 4 is 60.4 Å². The van der Waals surface area contributed by atoms with Gasteiger partial charge in [-0.15, -0.1) is 11.3 Å². The van der Waals surface area contributed by atoms with Crippen LogP contribution in [0.3, 0.4) is 0 Å². The van der Waals surface area contributed by atoms with Gasteiger partial charge >= 0.3 is 0 Å². The summed E-state index contributed by atoms with van der Waals surface area (Å²) in [6.45, 7) is 0. The fourth-order valence-electron chi connectivity index (χ4n) is 2.54. The van der Waals surface area contributed by atoms with Gasteiger partial charge in [0, 0.05) is 11.4 Å². The molecule has 1 aromatic heterocycles. The number of hydrogen-bond donors (Lipinski definition) is 1. The zero-order valence-electron chi connectivity index (χ0n) is 12.1. The summed E-state index contributed by atoms with van der Waals surface area (Å²) in [5, 5.41) is 4.12. The van der Waals surface area contributed by atoms with Gasteiger partial charge < -0.3 is 10.1 Å². The Morgan fingerprint density at radius 1 is 1.35 bits per heavy atom. The molecule has 1 aromatic carbocycles. The lowest BCUT2D eigenvalue weighted by atomic mass is 10.2. The molecule has 0 bridgehead atoms. The van der Waals surface area contributed by atoms with Gasteiger partial charge in [-0.25, -0.2) is 8.42 Å². The Kier molecular flexibility index (Phi) is 4.48. The molecule has 1 atom stereocenters. The van der Waals surface area contributed by atoms with E-state index in [2.05, 4.69) is 5.32 Å². The van der Waals surface area contributed by atoms with E-state index in [1.807, 2.05) is 0 Å². The molecule has 1 saturated heterocycles. The minimum absolute atomic E-state index is 0.0319. The predicted octanol–water partition coefficient (Wildman–Crippen LogP) is 3.13. The lowest BCUT2D eigenvalue weighted by Crippen LogP contribution is -2.35. The molecule has 2 aromatic rings. The number of halogens is 2. The number of sulfone groups is 1. The lowest BCUT2D eigenvalue weighted by molar-refractivity contribution is 0.0945. The molecule has 2 heterocycles. The van der Waals surface area contributed by atoms with Crippen molar-refractivity contribution < 1.29 is 17.9 Å². The van der Waals surface area contributed by atoms with Gasteiger partial charge in [-0.05, 0) is 18.6 Å². The number of fused-ring (bicyclic) bond motifs is 1. The molecule has 9 heteroatoms. The van der Waals surface area contributed by atoms with Crippen molar-refractivity contribution in [3.63, 3.8) is 0 Å². The van der Waals surface area contributed by atoms with Crippen molar-refractivity contribution in [1.82, 2.24) is 5.32 Å². The molecule has 23 heavy (non-hydrogen) atoms. The highest BCUT2D eigenvalue weighted by Gasteiger charge is 2.30. The highest BCUT2D eigenvalue weighted by atomic mass is 35.5. The Balaban J connectivity index is 1.92. The Labute approximate surface area is 147 Å². The number of thiophene rings is 1. The fourth-order valence-corrected chi connectivity index (χ4v) is 6.01. The van der Waals surface area contributed by atoms with Crippen LogP contribution in [0.25, 0.3) is 10.1 Å². The van der Waals surface area contributed by atoms with Crippen LogP contribution in [0.4, 0.5) is 0 Å². The van der Waals surface area contributed by atoms with Crippen LogP contribution in [0.15, 0.2) is 12.1 Å². The van der Waals surface area contributed by atoms with Gasteiger partial charge in [0.1, 0.15) is 15.6 Å². The summed E-state index contributed by atoms with van der Waals surface area (Å²) in [4.78, 5) is 12.7. The standard InChI is InChI=1S/C14H13Cl2NO4S2/c1-21-9-3-2-8-10(15)13(22-12(8)11(9)16)14(18)17-7-4-5-23(19,20)6-7/h2-3,7H,4-6H2,1H3,(H,17,18). The molecule has 1 unspecified atom stereocenters. The Bertz CT molecular complexity index is 892. The van der Waals surface area contributed by atoms with Crippen LogP contribution in [-0.4, -0.2) is 39.0 Å². The molecule has 1 aliphatic heterocycles. The smallest absolute Gasteiger partial charge is 0.263 e. The van der Waals surface area contributed by atoms with Crippen LogP contribution in [0.1, 0.15) is 16.1 Å². The molecule has 0 aliphatic carbocycles. The van der Waals surface area contributed by atoms with Crippen LogP contribution in [0, 0.1) is 0 Å². The van der Waals surface area contributed by atoms with E-state index in [-0.39, 0.29) is 23.5 Å². The van der Waals surface area contributed by atoms with Crippen molar-refractivity contribution in [2.45, 2.75) is 12.5 Å². The largest absolute Gasteiger partial charge is 0.495 e. The Morgan fingerprint density at radius 3 is 2.70 bits per heavy atom. The van der Waals surface area contributed by atoms with Crippen molar-refractivity contribution in [1.29, 1.82) is 0 Å². The van der Waals surface area contributed by atoms with Crippen LogP contribution in [0.5, 0.6) is 5.75 Å². The molecule has 1 N–H and O–H groups in total. The van der Waals surface area contributed by atoms with Crippen molar-refractivity contribution in [3.05, 3.63) is 27.1 Å². The number of hydrogen-bond acceptors (Lipinski definition) is 5. The molecule has 0 radical (unpaired) electrons. The molecular weight excluding hydrogens is 381 g/mol. The van der Waals surface area contributed by atoms with Gasteiger partial charge in [0.2, 0.25) is 0 Å². The molecule has 124 valence electrons. The zero-order valence-corrected chi connectivity index (χ0v) is 15.2. The number of benzene rings is 1. The number of amides is 1. The first-order valence-corrected chi connectivity index (χ1v) is 10.2. The summed E-state index contributed by atoms with van der Waals surface area (Å²) in [5.41, 5.74) is 0. The minimum Gasteiger partial charge on any atom is -0.495 e. The maximum atomic E-state index is 12.4. The van der Waals surface area contributed by atoms with E-state index < -0.39 is 9.84 Å². The molecule has 0 spiro atoms. The van der Waals surface area contributed by atoms with Gasteiger partial charge in [-0.2, -0.15) is 0 Å². The number of rotatable bonds is 3. The Morgan fingerprint density at radius 2 is 2.09 bits per heavy atom. The first-order chi connectivity index (χ1) is 10.8. The van der Waals surface area contributed by atoms with Crippen LogP contribution < -0.4 is 10.1 Å². The number of carbonyl (C=O) groups excluding carboxylic acids is 1. The second kappa shape index (κ2) is 6.12. The van der Waals surface area contributed by atoms with Crippen LogP contribution in [-0.2, 0) is 9.84 Å². The van der Waals surface area contributed by atoms with Gasteiger partial charge in [0.05, 0.1) is 28.3 Å². The van der Waals surface area contributed by atoms with Crippen LogP contribution >= 0.6 is 34.5 Å². The average Bonchev–Trinajstić information content (AvgIpc) is 3.00. The highest BCUT2D eigenvalue weighted by molar-refractivity contribution is 7.91. The average molecular weight is 394 g/mol. The van der Waals surface area contributed by atoms with Crippen molar-refractivity contribution in [3.8, 4) is 5.75 Å². The third-order valence-electron chi connectivity index (χ3n) is 3.70. The number of nitrogens with one attached hydrogen (secondary N) is 1. The first kappa shape index (κ1) is 16.8. The van der Waals surface area contributed by atoms with E-state index in [9.17, 15) is 13.2 Å². The van der Waals surface area contributed by atoms with E-state index in [1.54, 1.807) is 12.1 Å². The summed E-state index contributed by atoms with van der Waals surface area (Å²) in [7, 11) is -1.55. The SMILES string of the molecule is COc1ccc2c(Cl)c(C(=O)NC3CCS(=O)(=O)C3)sc2c1Cl. The molecular formula is C14H13Cl2NO4S2. The molecule has 1 aliphatic rings. The lowest BCUT2D eigenvalue weighted by Gasteiger charge is -2.09. The zero-order chi connectivity index (χ0) is 16.8. The van der Waals surface area contributed by atoms with E-state index in [4.69, 9.17) is 27.9 Å². The molecule has 5 nitrogen and oxygen atoms in total. The van der Waals surface area contributed by atoms with Gasteiger partial charge in [0.15, 0.2) is 9.84 Å². The predicted molar refractivity (Wildman–Crippen MR) is 92.9 cm³/mol. The van der Waals surface area contributed by atoms with Gasteiger partial charge in [-0.3, -0.25) is 4.79 Å². The summed E-state index contributed by atoms with van der Waals surface area (Å²) >= 11 is 13.7. The van der Waals surface area contributed by atoms with Crippen molar-refractivity contribution in [2.24, 2.45) is 0 Å².